The summed E-state index contributed by atoms with van der Waals surface area (Å²) in [7, 11) is 0. The Labute approximate surface area is 87.4 Å². The molecule has 0 fully saturated rings. The molecule has 0 radical (unpaired) electrons. The van der Waals surface area contributed by atoms with Crippen molar-refractivity contribution in [1.82, 2.24) is 0 Å². The van der Waals surface area contributed by atoms with Crippen molar-refractivity contribution in [2.24, 2.45) is 0 Å². The van der Waals surface area contributed by atoms with Gasteiger partial charge in [0.2, 0.25) is 0 Å². The van der Waals surface area contributed by atoms with Gasteiger partial charge in [0.15, 0.2) is 0 Å². The molecule has 0 aliphatic heterocycles. The molecule has 0 atom stereocenters. The van der Waals surface area contributed by atoms with E-state index in [-0.39, 0.29) is 0 Å². The zero-order valence-electron chi connectivity index (χ0n) is 7.97. The quantitative estimate of drug-likeness (QED) is 0.704. The van der Waals surface area contributed by atoms with E-state index in [0.717, 1.165) is 4.48 Å². The predicted molar refractivity (Wildman–Crippen MR) is 63.0 cm³/mol. The Kier molecular flexibility index (Phi) is 3.49. The van der Waals surface area contributed by atoms with Crippen LogP contribution in [0.4, 0.5) is 0 Å². The minimum atomic E-state index is 1.05. The highest BCUT2D eigenvalue weighted by Gasteiger charge is 1.90. The minimum Gasteiger partial charge on any atom is -0.0979 e. The number of allylic oxidation sites excluding steroid dienone is 1. The zero-order chi connectivity index (χ0) is 9.84. The Bertz CT molecular complexity index is 423. The van der Waals surface area contributed by atoms with Crippen molar-refractivity contribution in [3.63, 3.8) is 0 Å². The maximum Gasteiger partial charge on any atom is 0.0247 e. The topological polar surface area (TPSA) is 0 Å². The molecule has 0 saturated heterocycles. The molecule has 0 amide bonds. The number of benzene rings is 1. The van der Waals surface area contributed by atoms with Crippen LogP contribution < -0.4 is 10.4 Å². The lowest BCUT2D eigenvalue weighted by atomic mass is 10.1. The molecule has 1 heteroatoms. The molecule has 0 nitrogen and oxygen atoms in total. The normalized spacial score (nSPS) is 12.2. The van der Waals surface area contributed by atoms with Crippen LogP contribution in [0, 0.1) is 0 Å². The molecule has 1 rings (SSSR count). The highest BCUT2D eigenvalue weighted by atomic mass is 79.9. The fourth-order valence-electron chi connectivity index (χ4n) is 1.24. The fourth-order valence-corrected chi connectivity index (χ4v) is 1.58. The van der Waals surface area contributed by atoms with Crippen LogP contribution in [0.2, 0.25) is 0 Å². The Hall–Kier alpha value is -0.820. The van der Waals surface area contributed by atoms with Crippen molar-refractivity contribution < 1.29 is 0 Å². The summed E-state index contributed by atoms with van der Waals surface area (Å²) < 4.78 is 1.05. The van der Waals surface area contributed by atoms with Gasteiger partial charge >= 0.3 is 0 Å². The summed E-state index contributed by atoms with van der Waals surface area (Å²) in [5.74, 6) is 0. The van der Waals surface area contributed by atoms with Gasteiger partial charge in [0.1, 0.15) is 0 Å². The van der Waals surface area contributed by atoms with Crippen LogP contribution in [-0.2, 0) is 0 Å². The van der Waals surface area contributed by atoms with Gasteiger partial charge in [0, 0.05) is 4.48 Å². The van der Waals surface area contributed by atoms with Crippen molar-refractivity contribution in [3.05, 3.63) is 47.4 Å². The van der Waals surface area contributed by atoms with Crippen LogP contribution in [0.25, 0.3) is 10.1 Å². The largest absolute Gasteiger partial charge is 0.0979 e. The van der Waals surface area contributed by atoms with Crippen molar-refractivity contribution in [1.29, 1.82) is 0 Å². The van der Waals surface area contributed by atoms with Crippen LogP contribution in [-0.4, -0.2) is 0 Å². The summed E-state index contributed by atoms with van der Waals surface area (Å²) in [5.41, 5.74) is 1.31. The Balaban J connectivity index is 3.76. The van der Waals surface area contributed by atoms with Gasteiger partial charge in [-0.1, -0.05) is 58.4 Å². The lowest BCUT2D eigenvalue weighted by Gasteiger charge is -1.95. The van der Waals surface area contributed by atoms with Gasteiger partial charge in [-0.25, -0.2) is 0 Å². The predicted octanol–water partition coefficient (Wildman–Crippen LogP) is 2.57. The molecule has 0 N–H and O–H groups in total. The Morgan fingerprint density at radius 2 is 1.77 bits per heavy atom. The molecule has 1 aromatic rings. The van der Waals surface area contributed by atoms with E-state index < -0.39 is 0 Å². The molecule has 0 spiro atoms. The second-order valence-corrected chi connectivity index (χ2v) is 3.95. The van der Waals surface area contributed by atoms with Gasteiger partial charge in [-0.15, -0.1) is 0 Å². The van der Waals surface area contributed by atoms with E-state index in [1.54, 1.807) is 0 Å². The lowest BCUT2D eigenvalue weighted by Crippen LogP contribution is -2.26. The van der Waals surface area contributed by atoms with E-state index in [4.69, 9.17) is 0 Å². The Morgan fingerprint density at radius 1 is 1.23 bits per heavy atom. The standard InChI is InChI=1S/C12H13Br/c1-4-12(13)11-8-6-5-7-10(11)9(2)3/h4-8H,1H2,2-3H3/b12-11+. The third-order valence-corrected chi connectivity index (χ3v) is 2.65. The van der Waals surface area contributed by atoms with Crippen LogP contribution in [0.5, 0.6) is 0 Å². The summed E-state index contributed by atoms with van der Waals surface area (Å²) in [6.07, 6.45) is 1.82. The second kappa shape index (κ2) is 4.43. The van der Waals surface area contributed by atoms with E-state index >= 15 is 0 Å². The molecule has 68 valence electrons. The third-order valence-electron chi connectivity index (χ3n) is 1.90. The fraction of sp³-hybridized carbons (Fsp3) is 0.167. The SMILES string of the molecule is C=C/C(Br)=c1/ccccc1=C(C)C. The van der Waals surface area contributed by atoms with Crippen molar-refractivity contribution in [2.45, 2.75) is 13.8 Å². The highest BCUT2D eigenvalue weighted by molar-refractivity contribution is 9.15. The molecule has 0 aliphatic rings. The first-order valence-electron chi connectivity index (χ1n) is 4.21. The first-order valence-corrected chi connectivity index (χ1v) is 5.01. The Morgan fingerprint density at radius 3 is 2.23 bits per heavy atom. The van der Waals surface area contributed by atoms with Crippen molar-refractivity contribution >= 4 is 26.0 Å². The van der Waals surface area contributed by atoms with E-state index in [2.05, 4.69) is 54.6 Å². The molecule has 0 heterocycles. The average molecular weight is 237 g/mol. The van der Waals surface area contributed by atoms with Crippen LogP contribution in [0.15, 0.2) is 36.9 Å². The molecule has 0 saturated carbocycles. The van der Waals surface area contributed by atoms with Gasteiger partial charge in [-0.3, -0.25) is 0 Å². The summed E-state index contributed by atoms with van der Waals surface area (Å²) >= 11 is 3.49. The molecular formula is C12H13Br. The van der Waals surface area contributed by atoms with Crippen LogP contribution in [0.1, 0.15) is 13.8 Å². The summed E-state index contributed by atoms with van der Waals surface area (Å²) in [6.45, 7) is 7.97. The van der Waals surface area contributed by atoms with E-state index in [0.29, 0.717) is 0 Å². The van der Waals surface area contributed by atoms with E-state index in [9.17, 15) is 0 Å². The van der Waals surface area contributed by atoms with Crippen LogP contribution in [0.3, 0.4) is 0 Å². The minimum absolute atomic E-state index is 1.05. The zero-order valence-corrected chi connectivity index (χ0v) is 9.56. The third kappa shape index (κ3) is 2.31. The van der Waals surface area contributed by atoms with Crippen molar-refractivity contribution in [2.75, 3.05) is 0 Å². The number of rotatable bonds is 1. The molecule has 0 aliphatic carbocycles. The summed E-state index contributed by atoms with van der Waals surface area (Å²) in [6, 6.07) is 8.30. The second-order valence-electron chi connectivity index (χ2n) is 3.10. The van der Waals surface area contributed by atoms with Gasteiger partial charge < -0.3 is 0 Å². The molecule has 13 heavy (non-hydrogen) atoms. The maximum absolute atomic E-state index is 3.74. The monoisotopic (exact) mass is 236 g/mol. The van der Waals surface area contributed by atoms with Crippen molar-refractivity contribution in [3.8, 4) is 0 Å². The van der Waals surface area contributed by atoms with E-state index in [1.807, 2.05) is 12.1 Å². The highest BCUT2D eigenvalue weighted by Crippen LogP contribution is 2.02. The average Bonchev–Trinajstić information content (AvgIpc) is 2.16. The van der Waals surface area contributed by atoms with Gasteiger partial charge in [-0.05, 0) is 24.3 Å². The van der Waals surface area contributed by atoms with Gasteiger partial charge in [-0.2, -0.15) is 0 Å². The first-order chi connectivity index (χ1) is 6.16. The van der Waals surface area contributed by atoms with Gasteiger partial charge in [0.05, 0.1) is 0 Å². The molecule has 0 unspecified atom stereocenters. The van der Waals surface area contributed by atoms with Crippen LogP contribution >= 0.6 is 15.9 Å². The maximum atomic E-state index is 3.74. The number of hydrogen-bond acceptors (Lipinski definition) is 0. The molecule has 1 aromatic carbocycles. The summed E-state index contributed by atoms with van der Waals surface area (Å²) in [4.78, 5) is 0. The molecule has 0 aromatic heterocycles. The molecule has 0 bridgehead atoms. The first kappa shape index (κ1) is 10.3. The lowest BCUT2D eigenvalue weighted by molar-refractivity contribution is 1.44. The van der Waals surface area contributed by atoms with E-state index in [1.165, 1.54) is 16.0 Å². The number of hydrogen-bond donors (Lipinski definition) is 0. The summed E-state index contributed by atoms with van der Waals surface area (Å²) in [5, 5.41) is 2.48. The van der Waals surface area contributed by atoms with Gasteiger partial charge in [0.25, 0.3) is 0 Å². The smallest absolute Gasteiger partial charge is 0.0247 e. The number of halogens is 1. The molecular weight excluding hydrogens is 224 g/mol.